The van der Waals surface area contributed by atoms with Crippen LogP contribution < -0.4 is 10.6 Å². The lowest BCUT2D eigenvalue weighted by atomic mass is 9.81. The van der Waals surface area contributed by atoms with Crippen molar-refractivity contribution in [2.24, 2.45) is 0 Å². The van der Waals surface area contributed by atoms with Crippen LogP contribution in [0.25, 0.3) is 0 Å². The number of amides is 2. The fourth-order valence-corrected chi connectivity index (χ4v) is 4.36. The molecule has 2 aromatic rings. The van der Waals surface area contributed by atoms with E-state index in [4.69, 9.17) is 0 Å². The second-order valence-corrected chi connectivity index (χ2v) is 10.3. The van der Waals surface area contributed by atoms with Crippen molar-refractivity contribution in [2.45, 2.75) is 78.2 Å². The van der Waals surface area contributed by atoms with E-state index in [1.165, 1.54) is 0 Å². The van der Waals surface area contributed by atoms with Gasteiger partial charge in [0.25, 0.3) is 11.8 Å². The van der Waals surface area contributed by atoms with Crippen molar-refractivity contribution >= 4 is 29.4 Å². The highest BCUT2D eigenvalue weighted by Gasteiger charge is 2.28. The molecule has 0 aromatic heterocycles. The monoisotopic (exact) mass is 496 g/mol. The van der Waals surface area contributed by atoms with Gasteiger partial charge in [-0.15, -0.1) is 0 Å². The lowest BCUT2D eigenvalue weighted by Gasteiger charge is -2.26. The van der Waals surface area contributed by atoms with Gasteiger partial charge in [0.2, 0.25) is 0 Å². The summed E-state index contributed by atoms with van der Waals surface area (Å²) < 4.78 is 0. The van der Waals surface area contributed by atoms with Crippen LogP contribution in [0.4, 0.5) is 5.69 Å². The van der Waals surface area contributed by atoms with Crippen LogP contribution in [-0.2, 0) is 5.41 Å². The summed E-state index contributed by atoms with van der Waals surface area (Å²) in [6.07, 6.45) is 3.46. The topological polar surface area (TPSA) is 133 Å². The van der Waals surface area contributed by atoms with Crippen molar-refractivity contribution in [2.75, 3.05) is 5.32 Å². The fourth-order valence-electron chi connectivity index (χ4n) is 4.36. The van der Waals surface area contributed by atoms with Crippen molar-refractivity contribution < 1.29 is 29.4 Å². The summed E-state index contributed by atoms with van der Waals surface area (Å²) in [4.78, 5) is 49.9. The third kappa shape index (κ3) is 6.93. The van der Waals surface area contributed by atoms with E-state index in [2.05, 4.69) is 31.4 Å². The van der Waals surface area contributed by atoms with Crippen molar-refractivity contribution in [1.29, 1.82) is 0 Å². The van der Waals surface area contributed by atoms with E-state index >= 15 is 0 Å². The van der Waals surface area contributed by atoms with Gasteiger partial charge >= 0.3 is 11.9 Å². The molecular formula is C28H36N2O6. The Bertz CT molecular complexity index is 1150. The molecule has 0 saturated carbocycles. The van der Waals surface area contributed by atoms with E-state index in [0.717, 1.165) is 37.0 Å². The third-order valence-corrected chi connectivity index (χ3v) is 6.23. The van der Waals surface area contributed by atoms with Crippen LogP contribution in [0, 0.1) is 0 Å². The summed E-state index contributed by atoms with van der Waals surface area (Å²) in [7, 11) is 0. The van der Waals surface area contributed by atoms with Gasteiger partial charge in [-0.3, -0.25) is 9.59 Å². The normalized spacial score (nSPS) is 11.6. The minimum atomic E-state index is -1.47. The maximum absolute atomic E-state index is 13.1. The van der Waals surface area contributed by atoms with Crippen molar-refractivity contribution in [3.8, 4) is 0 Å². The van der Waals surface area contributed by atoms with Gasteiger partial charge in [-0.2, -0.15) is 0 Å². The molecule has 0 atom stereocenters. The van der Waals surface area contributed by atoms with E-state index in [1.807, 2.05) is 19.1 Å². The van der Waals surface area contributed by atoms with E-state index in [0.29, 0.717) is 12.1 Å². The molecule has 0 radical (unpaired) electrons. The molecule has 194 valence electrons. The average Bonchev–Trinajstić information content (AvgIpc) is 2.77. The van der Waals surface area contributed by atoms with Crippen molar-refractivity contribution in [3.63, 3.8) is 0 Å². The van der Waals surface area contributed by atoms with Crippen LogP contribution in [0.3, 0.4) is 0 Å². The molecule has 2 rings (SSSR count). The number of carboxylic acid groups (broad SMARTS) is 2. The highest BCUT2D eigenvalue weighted by molar-refractivity contribution is 6.14. The number of benzene rings is 2. The molecule has 0 spiro atoms. The van der Waals surface area contributed by atoms with Gasteiger partial charge < -0.3 is 20.8 Å². The lowest BCUT2D eigenvalue weighted by Crippen LogP contribution is -2.43. The number of aromatic carboxylic acids is 2. The molecule has 0 fully saturated rings. The Hall–Kier alpha value is -3.68. The molecule has 8 heteroatoms. The van der Waals surface area contributed by atoms with Crippen LogP contribution in [0.15, 0.2) is 36.4 Å². The summed E-state index contributed by atoms with van der Waals surface area (Å²) in [5.74, 6) is -4.39. The predicted molar refractivity (Wildman–Crippen MR) is 139 cm³/mol. The minimum Gasteiger partial charge on any atom is -0.478 e. The first kappa shape index (κ1) is 28.6. The number of hydrogen-bond donors (Lipinski definition) is 4. The number of hydrogen-bond acceptors (Lipinski definition) is 4. The Labute approximate surface area is 212 Å². The standard InChI is InChI=1S/C28H36N2O6/c1-7-13-27(3,4)17-9-11-18(12-10-17)29-23(31)19-15-20(24(32)30-28(5,6)14-8-2)22(26(35)36)16-21(19)25(33)34/h9-12,15-16H,7-8,13-14H2,1-6H3,(H,29,31)(H,30,32)(H,33,34)(H,35,36). The highest BCUT2D eigenvalue weighted by Crippen LogP contribution is 2.29. The quantitative estimate of drug-likeness (QED) is 0.314. The van der Waals surface area contributed by atoms with Crippen molar-refractivity contribution in [3.05, 3.63) is 64.2 Å². The van der Waals surface area contributed by atoms with Crippen LogP contribution in [0.2, 0.25) is 0 Å². The zero-order valence-corrected chi connectivity index (χ0v) is 21.8. The number of carbonyl (C=O) groups is 4. The smallest absolute Gasteiger partial charge is 0.336 e. The number of anilines is 1. The first-order valence-electron chi connectivity index (χ1n) is 12.1. The molecule has 0 aliphatic rings. The Morgan fingerprint density at radius 2 is 1.19 bits per heavy atom. The lowest BCUT2D eigenvalue weighted by molar-refractivity contribution is 0.0687. The van der Waals surface area contributed by atoms with Gasteiger partial charge in [0.05, 0.1) is 22.3 Å². The molecule has 2 amide bonds. The van der Waals surface area contributed by atoms with Crippen LogP contribution in [-0.4, -0.2) is 39.5 Å². The predicted octanol–water partition coefficient (Wildman–Crippen LogP) is 5.72. The van der Waals surface area contributed by atoms with Gasteiger partial charge in [-0.05, 0) is 61.9 Å². The summed E-state index contributed by atoms with van der Waals surface area (Å²) >= 11 is 0. The van der Waals surface area contributed by atoms with Gasteiger partial charge in [0.1, 0.15) is 0 Å². The van der Waals surface area contributed by atoms with Crippen LogP contribution >= 0.6 is 0 Å². The number of carbonyl (C=O) groups excluding carboxylic acids is 2. The van der Waals surface area contributed by atoms with E-state index < -0.39 is 40.4 Å². The molecule has 2 aromatic carbocycles. The zero-order valence-electron chi connectivity index (χ0n) is 21.8. The molecule has 36 heavy (non-hydrogen) atoms. The first-order valence-corrected chi connectivity index (χ1v) is 12.1. The molecule has 0 heterocycles. The highest BCUT2D eigenvalue weighted by atomic mass is 16.4. The molecule has 8 nitrogen and oxygen atoms in total. The number of carboxylic acids is 2. The second kappa shape index (κ2) is 11.4. The van der Waals surface area contributed by atoms with Crippen molar-refractivity contribution in [1.82, 2.24) is 5.32 Å². The molecule has 0 bridgehead atoms. The first-order chi connectivity index (χ1) is 16.7. The van der Waals surface area contributed by atoms with E-state index in [1.54, 1.807) is 26.0 Å². The minimum absolute atomic E-state index is 0.0335. The molecular weight excluding hydrogens is 460 g/mol. The Kier molecular flexibility index (Phi) is 9.02. The third-order valence-electron chi connectivity index (χ3n) is 6.23. The van der Waals surface area contributed by atoms with E-state index in [-0.39, 0.29) is 16.5 Å². The molecule has 0 aliphatic heterocycles. The average molecular weight is 497 g/mol. The zero-order chi connectivity index (χ0) is 27.3. The van der Waals surface area contributed by atoms with Gasteiger partial charge in [0.15, 0.2) is 0 Å². The summed E-state index contributed by atoms with van der Waals surface area (Å²) in [6, 6.07) is 9.18. The molecule has 0 aliphatic carbocycles. The molecule has 4 N–H and O–H groups in total. The Morgan fingerprint density at radius 3 is 1.67 bits per heavy atom. The van der Waals surface area contributed by atoms with Gasteiger partial charge in [-0.25, -0.2) is 9.59 Å². The van der Waals surface area contributed by atoms with Crippen LogP contribution in [0.5, 0.6) is 0 Å². The largest absolute Gasteiger partial charge is 0.478 e. The Balaban J connectivity index is 2.47. The van der Waals surface area contributed by atoms with Crippen LogP contribution in [0.1, 0.15) is 114 Å². The molecule has 0 saturated heterocycles. The SMILES string of the molecule is CCCC(C)(C)NC(=O)c1cc(C(=O)Nc2ccc(C(C)(C)CCC)cc2)c(C(=O)O)cc1C(=O)O. The van der Waals surface area contributed by atoms with E-state index in [9.17, 15) is 29.4 Å². The fraction of sp³-hybridized carbons (Fsp3) is 0.429. The maximum atomic E-state index is 13.1. The Morgan fingerprint density at radius 1 is 0.722 bits per heavy atom. The van der Waals surface area contributed by atoms with Gasteiger partial charge in [-0.1, -0.05) is 52.7 Å². The molecule has 0 unspecified atom stereocenters. The summed E-state index contributed by atoms with van der Waals surface area (Å²) in [5.41, 5.74) is -0.680. The summed E-state index contributed by atoms with van der Waals surface area (Å²) in [5, 5.41) is 24.8. The number of nitrogens with one attached hydrogen (secondary N) is 2. The second-order valence-electron chi connectivity index (χ2n) is 10.3. The maximum Gasteiger partial charge on any atom is 0.336 e. The van der Waals surface area contributed by atoms with Gasteiger partial charge in [0, 0.05) is 11.2 Å². The number of rotatable bonds is 11. The summed E-state index contributed by atoms with van der Waals surface area (Å²) in [6.45, 7) is 12.0.